The van der Waals surface area contributed by atoms with Crippen LogP contribution in [0, 0.1) is 0 Å². The van der Waals surface area contributed by atoms with E-state index in [2.05, 4.69) is 26.1 Å². The van der Waals surface area contributed by atoms with Crippen molar-refractivity contribution >= 4 is 33.5 Å². The van der Waals surface area contributed by atoms with Crippen LogP contribution in [0.5, 0.6) is 0 Å². The van der Waals surface area contributed by atoms with Crippen LogP contribution < -0.4 is 0 Å². The first kappa shape index (κ1) is 16.0. The summed E-state index contributed by atoms with van der Waals surface area (Å²) in [5.41, 5.74) is 1.52. The van der Waals surface area contributed by atoms with Gasteiger partial charge in [0.15, 0.2) is 5.78 Å². The number of nitrogens with zero attached hydrogens (tertiary/aromatic N) is 2. The molecule has 2 aromatic carbocycles. The Balaban J connectivity index is 1.71. The van der Waals surface area contributed by atoms with Gasteiger partial charge in [0.1, 0.15) is 0 Å². The molecule has 0 amide bonds. The van der Waals surface area contributed by atoms with E-state index in [4.69, 9.17) is 4.42 Å². The largest absolute Gasteiger partial charge is 0.411 e. The Morgan fingerprint density at radius 3 is 2.48 bits per heavy atom. The molecule has 0 bridgehead atoms. The van der Waals surface area contributed by atoms with E-state index in [1.54, 1.807) is 12.1 Å². The Kier molecular flexibility index (Phi) is 4.93. The highest BCUT2D eigenvalue weighted by molar-refractivity contribution is 9.10. The van der Waals surface area contributed by atoms with E-state index in [0.29, 0.717) is 16.7 Å². The molecule has 116 valence electrons. The van der Waals surface area contributed by atoms with E-state index in [1.807, 2.05) is 49.4 Å². The summed E-state index contributed by atoms with van der Waals surface area (Å²) in [5.74, 6) is 0.485. The predicted octanol–water partition coefficient (Wildman–Crippen LogP) is 4.86. The molecular formula is C17H13BrN2O2S. The average molecular weight is 389 g/mol. The van der Waals surface area contributed by atoms with Crippen molar-refractivity contribution in [1.82, 2.24) is 10.2 Å². The summed E-state index contributed by atoms with van der Waals surface area (Å²) < 4.78 is 6.57. The third-order valence-corrected chi connectivity index (χ3v) is 4.67. The normalized spacial score (nSPS) is 12.1. The molecule has 0 saturated heterocycles. The Morgan fingerprint density at radius 1 is 1.09 bits per heavy atom. The van der Waals surface area contributed by atoms with Gasteiger partial charge in [-0.3, -0.25) is 4.79 Å². The lowest BCUT2D eigenvalue weighted by atomic mass is 10.1. The summed E-state index contributed by atoms with van der Waals surface area (Å²) in [4.78, 5) is 12.4. The van der Waals surface area contributed by atoms with Crippen molar-refractivity contribution in [3.8, 4) is 11.5 Å². The highest BCUT2D eigenvalue weighted by atomic mass is 79.9. The van der Waals surface area contributed by atoms with Crippen molar-refractivity contribution in [1.29, 1.82) is 0 Å². The molecule has 0 aliphatic rings. The Morgan fingerprint density at radius 2 is 1.78 bits per heavy atom. The summed E-state index contributed by atoms with van der Waals surface area (Å²) >= 11 is 4.63. The maximum Gasteiger partial charge on any atom is 0.277 e. The SMILES string of the molecule is C[C@@H](Sc1nnc(-c2ccccc2)o1)C(=O)c1ccc(Br)cc1. The van der Waals surface area contributed by atoms with Crippen molar-refractivity contribution in [3.05, 3.63) is 64.6 Å². The fourth-order valence-electron chi connectivity index (χ4n) is 2.01. The minimum atomic E-state index is -0.305. The number of hydrogen-bond donors (Lipinski definition) is 0. The van der Waals surface area contributed by atoms with E-state index < -0.39 is 0 Å². The number of thioether (sulfide) groups is 1. The highest BCUT2D eigenvalue weighted by Gasteiger charge is 2.20. The fourth-order valence-corrected chi connectivity index (χ4v) is 3.03. The number of hydrogen-bond acceptors (Lipinski definition) is 5. The van der Waals surface area contributed by atoms with Gasteiger partial charge in [-0.05, 0) is 31.2 Å². The van der Waals surface area contributed by atoms with Crippen molar-refractivity contribution in [2.24, 2.45) is 0 Å². The van der Waals surface area contributed by atoms with Gasteiger partial charge in [-0.25, -0.2) is 0 Å². The smallest absolute Gasteiger partial charge is 0.277 e. The van der Waals surface area contributed by atoms with Crippen LogP contribution >= 0.6 is 27.7 Å². The average Bonchev–Trinajstić information content (AvgIpc) is 3.04. The van der Waals surface area contributed by atoms with Crippen LogP contribution in [-0.2, 0) is 0 Å². The van der Waals surface area contributed by atoms with Gasteiger partial charge in [0, 0.05) is 15.6 Å². The molecular weight excluding hydrogens is 376 g/mol. The van der Waals surface area contributed by atoms with E-state index in [-0.39, 0.29) is 11.0 Å². The number of Topliss-reactive ketones (excluding diaryl/α,β-unsaturated/α-hetero) is 1. The molecule has 3 rings (SSSR count). The maximum absolute atomic E-state index is 12.4. The van der Waals surface area contributed by atoms with Gasteiger partial charge in [-0.2, -0.15) is 0 Å². The number of carbonyl (C=O) groups excluding carboxylic acids is 1. The standard InChI is InChI=1S/C17H13BrN2O2S/c1-11(15(21)12-7-9-14(18)10-8-12)23-17-20-19-16(22-17)13-5-3-2-4-6-13/h2-11H,1H3/t11-/m1/s1. The van der Waals surface area contributed by atoms with Crippen LogP contribution in [0.2, 0.25) is 0 Å². The molecule has 0 saturated carbocycles. The molecule has 1 aromatic heterocycles. The lowest BCUT2D eigenvalue weighted by molar-refractivity contribution is 0.0993. The summed E-state index contributed by atoms with van der Waals surface area (Å²) in [6.45, 7) is 1.83. The van der Waals surface area contributed by atoms with Gasteiger partial charge < -0.3 is 4.42 Å². The minimum absolute atomic E-state index is 0.0296. The van der Waals surface area contributed by atoms with Crippen LogP contribution in [0.3, 0.4) is 0 Å². The minimum Gasteiger partial charge on any atom is -0.411 e. The monoisotopic (exact) mass is 388 g/mol. The van der Waals surface area contributed by atoms with Gasteiger partial charge in [-0.1, -0.05) is 58.0 Å². The lowest BCUT2D eigenvalue weighted by Crippen LogP contribution is -2.13. The van der Waals surface area contributed by atoms with Crippen LogP contribution in [-0.4, -0.2) is 21.2 Å². The first-order valence-corrected chi connectivity index (χ1v) is 8.66. The highest BCUT2D eigenvalue weighted by Crippen LogP contribution is 2.27. The predicted molar refractivity (Wildman–Crippen MR) is 93.5 cm³/mol. The quantitative estimate of drug-likeness (QED) is 0.461. The molecule has 0 fully saturated rings. The molecule has 6 heteroatoms. The molecule has 0 aliphatic carbocycles. The Hall–Kier alpha value is -1.92. The molecule has 1 heterocycles. The zero-order chi connectivity index (χ0) is 16.2. The van der Waals surface area contributed by atoms with E-state index in [1.165, 1.54) is 11.8 Å². The van der Waals surface area contributed by atoms with Gasteiger partial charge >= 0.3 is 0 Å². The molecule has 0 N–H and O–H groups in total. The molecule has 23 heavy (non-hydrogen) atoms. The second-order valence-electron chi connectivity index (χ2n) is 4.87. The van der Waals surface area contributed by atoms with Crippen molar-refractivity contribution < 1.29 is 9.21 Å². The molecule has 3 aromatic rings. The number of aromatic nitrogens is 2. The molecule has 4 nitrogen and oxygen atoms in total. The molecule has 0 spiro atoms. The lowest BCUT2D eigenvalue weighted by Gasteiger charge is -2.07. The number of halogens is 1. The van der Waals surface area contributed by atoms with Gasteiger partial charge in [-0.15, -0.1) is 10.2 Å². The molecule has 0 aliphatic heterocycles. The second-order valence-corrected chi connectivity index (χ2v) is 7.08. The summed E-state index contributed by atoms with van der Waals surface area (Å²) in [6, 6.07) is 16.8. The number of rotatable bonds is 5. The zero-order valence-corrected chi connectivity index (χ0v) is 14.7. The maximum atomic E-state index is 12.4. The van der Waals surface area contributed by atoms with Gasteiger partial charge in [0.2, 0.25) is 5.89 Å². The number of carbonyl (C=O) groups is 1. The van der Waals surface area contributed by atoms with Crippen LogP contribution in [0.1, 0.15) is 17.3 Å². The van der Waals surface area contributed by atoms with Crippen molar-refractivity contribution in [3.63, 3.8) is 0 Å². The fraction of sp³-hybridized carbons (Fsp3) is 0.118. The topological polar surface area (TPSA) is 56.0 Å². The van der Waals surface area contributed by atoms with Crippen molar-refractivity contribution in [2.45, 2.75) is 17.4 Å². The summed E-state index contributed by atoms with van der Waals surface area (Å²) in [7, 11) is 0. The first-order valence-electron chi connectivity index (χ1n) is 6.99. The molecule has 1 atom stereocenters. The van der Waals surface area contributed by atoms with Crippen LogP contribution in [0.4, 0.5) is 0 Å². The van der Waals surface area contributed by atoms with E-state index in [9.17, 15) is 4.79 Å². The second kappa shape index (κ2) is 7.10. The van der Waals surface area contributed by atoms with Crippen molar-refractivity contribution in [2.75, 3.05) is 0 Å². The summed E-state index contributed by atoms with van der Waals surface area (Å²) in [6.07, 6.45) is 0. The third kappa shape index (κ3) is 3.89. The zero-order valence-electron chi connectivity index (χ0n) is 12.3. The Labute approximate surface area is 146 Å². The number of ketones is 1. The number of benzene rings is 2. The molecule has 0 unspecified atom stereocenters. The first-order chi connectivity index (χ1) is 11.1. The summed E-state index contributed by atoms with van der Waals surface area (Å²) in [5, 5.41) is 8.12. The van der Waals surface area contributed by atoms with Gasteiger partial charge in [0.05, 0.1) is 5.25 Å². The Bertz CT molecular complexity index is 803. The molecule has 0 radical (unpaired) electrons. The van der Waals surface area contributed by atoms with Crippen LogP contribution in [0.25, 0.3) is 11.5 Å². The van der Waals surface area contributed by atoms with Gasteiger partial charge in [0.25, 0.3) is 5.22 Å². The third-order valence-electron chi connectivity index (χ3n) is 3.20. The van der Waals surface area contributed by atoms with E-state index in [0.717, 1.165) is 10.0 Å². The van der Waals surface area contributed by atoms with Crippen LogP contribution in [0.15, 0.2) is 68.7 Å². The van der Waals surface area contributed by atoms with E-state index >= 15 is 0 Å².